The fourth-order valence-corrected chi connectivity index (χ4v) is 1.87. The Morgan fingerprint density at radius 1 is 1.00 bits per heavy atom. The summed E-state index contributed by atoms with van der Waals surface area (Å²) in [6.45, 7) is 1.74. The average molecular weight is 251 g/mol. The van der Waals surface area contributed by atoms with Gasteiger partial charge in [-0.2, -0.15) is 0 Å². The lowest BCUT2D eigenvalue weighted by Crippen LogP contribution is -2.16. The van der Waals surface area contributed by atoms with Crippen molar-refractivity contribution in [1.82, 2.24) is 0 Å². The second-order valence-corrected chi connectivity index (χ2v) is 4.12. The van der Waals surface area contributed by atoms with Gasteiger partial charge in [0.25, 0.3) is 0 Å². The van der Waals surface area contributed by atoms with Crippen molar-refractivity contribution in [3.8, 4) is 0 Å². The molecule has 0 radical (unpaired) electrons. The second kappa shape index (κ2) is 4.82. The minimum atomic E-state index is -0.992. The normalized spacial score (nSPS) is 12.5. The Labute approximate surface area is 103 Å². The van der Waals surface area contributed by atoms with Gasteiger partial charge < -0.3 is 5.73 Å². The summed E-state index contributed by atoms with van der Waals surface area (Å²) in [5, 5.41) is 0. The van der Waals surface area contributed by atoms with Crippen LogP contribution >= 0.6 is 0 Å². The summed E-state index contributed by atoms with van der Waals surface area (Å²) in [5.74, 6) is -2.41. The number of benzene rings is 2. The molecule has 0 aliphatic carbocycles. The molecule has 2 rings (SSSR count). The zero-order chi connectivity index (χ0) is 13.3. The fraction of sp³-hybridized carbons (Fsp3) is 0.143. The molecule has 1 nitrogen and oxygen atoms in total. The molecule has 94 valence electrons. The number of hydrogen-bond acceptors (Lipinski definition) is 1. The first-order valence-electron chi connectivity index (χ1n) is 5.46. The molecule has 1 atom stereocenters. The van der Waals surface area contributed by atoms with E-state index in [0.29, 0.717) is 5.56 Å². The average Bonchev–Trinajstić information content (AvgIpc) is 2.35. The van der Waals surface area contributed by atoms with Crippen LogP contribution in [0.25, 0.3) is 0 Å². The van der Waals surface area contributed by atoms with E-state index < -0.39 is 23.5 Å². The van der Waals surface area contributed by atoms with Crippen LogP contribution in [-0.4, -0.2) is 0 Å². The highest BCUT2D eigenvalue weighted by atomic mass is 19.2. The Bertz CT molecular complexity index is 579. The van der Waals surface area contributed by atoms with Gasteiger partial charge in [0.1, 0.15) is 5.82 Å². The van der Waals surface area contributed by atoms with Crippen LogP contribution in [0, 0.1) is 24.4 Å². The van der Waals surface area contributed by atoms with E-state index in [-0.39, 0.29) is 5.56 Å². The van der Waals surface area contributed by atoms with Gasteiger partial charge in [-0.05, 0) is 36.2 Å². The molecular weight excluding hydrogens is 239 g/mol. The molecule has 0 saturated carbocycles. The Hall–Kier alpha value is -1.81. The van der Waals surface area contributed by atoms with E-state index in [9.17, 15) is 13.2 Å². The molecular formula is C14H12F3N. The fourth-order valence-electron chi connectivity index (χ4n) is 1.87. The lowest BCUT2D eigenvalue weighted by molar-refractivity contribution is 0.494. The molecule has 2 N–H and O–H groups in total. The number of hydrogen-bond donors (Lipinski definition) is 1. The first-order valence-corrected chi connectivity index (χ1v) is 5.46. The molecule has 0 spiro atoms. The molecule has 0 amide bonds. The van der Waals surface area contributed by atoms with E-state index in [1.165, 1.54) is 24.3 Å². The van der Waals surface area contributed by atoms with Gasteiger partial charge in [0, 0.05) is 5.56 Å². The first kappa shape index (κ1) is 12.6. The van der Waals surface area contributed by atoms with Crippen LogP contribution in [0.15, 0.2) is 36.4 Å². The maximum atomic E-state index is 13.6. The SMILES string of the molecule is Cc1ccc(F)cc1C(N)c1cccc(F)c1F. The van der Waals surface area contributed by atoms with E-state index in [1.54, 1.807) is 13.0 Å². The topological polar surface area (TPSA) is 26.0 Å². The van der Waals surface area contributed by atoms with Crippen LogP contribution in [0.1, 0.15) is 22.7 Å². The van der Waals surface area contributed by atoms with Crippen LogP contribution in [0.2, 0.25) is 0 Å². The van der Waals surface area contributed by atoms with Crippen molar-refractivity contribution in [2.75, 3.05) is 0 Å². The highest BCUT2D eigenvalue weighted by Crippen LogP contribution is 2.26. The minimum Gasteiger partial charge on any atom is -0.320 e. The molecule has 1 unspecified atom stereocenters. The van der Waals surface area contributed by atoms with E-state index in [1.807, 2.05) is 0 Å². The van der Waals surface area contributed by atoms with Crippen molar-refractivity contribution in [3.63, 3.8) is 0 Å². The van der Waals surface area contributed by atoms with Crippen molar-refractivity contribution < 1.29 is 13.2 Å². The third-order valence-electron chi connectivity index (χ3n) is 2.89. The number of halogens is 3. The molecule has 0 aliphatic rings. The maximum absolute atomic E-state index is 13.6. The molecule has 0 bridgehead atoms. The molecule has 2 aromatic carbocycles. The molecule has 0 aromatic heterocycles. The number of aryl methyl sites for hydroxylation is 1. The van der Waals surface area contributed by atoms with Gasteiger partial charge in [0.15, 0.2) is 11.6 Å². The summed E-state index contributed by atoms with van der Waals surface area (Å²) in [5.41, 5.74) is 7.07. The highest BCUT2D eigenvalue weighted by molar-refractivity contribution is 5.37. The van der Waals surface area contributed by atoms with Gasteiger partial charge in [-0.15, -0.1) is 0 Å². The molecule has 4 heteroatoms. The smallest absolute Gasteiger partial charge is 0.163 e. The van der Waals surface area contributed by atoms with Gasteiger partial charge in [-0.1, -0.05) is 18.2 Å². The molecule has 0 aliphatic heterocycles. The van der Waals surface area contributed by atoms with Crippen molar-refractivity contribution in [3.05, 3.63) is 70.5 Å². The quantitative estimate of drug-likeness (QED) is 0.869. The van der Waals surface area contributed by atoms with E-state index in [0.717, 1.165) is 11.6 Å². The monoisotopic (exact) mass is 251 g/mol. The highest BCUT2D eigenvalue weighted by Gasteiger charge is 2.18. The lowest BCUT2D eigenvalue weighted by atomic mass is 9.95. The Morgan fingerprint density at radius 3 is 2.44 bits per heavy atom. The zero-order valence-electron chi connectivity index (χ0n) is 9.75. The van der Waals surface area contributed by atoms with Crippen LogP contribution in [0.3, 0.4) is 0 Å². The Kier molecular flexibility index (Phi) is 3.39. The Balaban J connectivity index is 2.51. The lowest BCUT2D eigenvalue weighted by Gasteiger charge is -2.16. The van der Waals surface area contributed by atoms with Gasteiger partial charge in [-0.3, -0.25) is 0 Å². The first-order chi connectivity index (χ1) is 8.50. The van der Waals surface area contributed by atoms with Crippen LogP contribution in [-0.2, 0) is 0 Å². The van der Waals surface area contributed by atoms with Crippen molar-refractivity contribution >= 4 is 0 Å². The zero-order valence-corrected chi connectivity index (χ0v) is 9.75. The van der Waals surface area contributed by atoms with Gasteiger partial charge in [-0.25, -0.2) is 13.2 Å². The summed E-state index contributed by atoms with van der Waals surface area (Å²) in [7, 11) is 0. The van der Waals surface area contributed by atoms with Gasteiger partial charge in [0.2, 0.25) is 0 Å². The predicted octanol–water partition coefficient (Wildman–Crippen LogP) is 3.46. The van der Waals surface area contributed by atoms with Crippen LogP contribution in [0.4, 0.5) is 13.2 Å². The molecule has 0 heterocycles. The number of nitrogens with two attached hydrogens (primary N) is 1. The Morgan fingerprint density at radius 2 is 1.72 bits per heavy atom. The van der Waals surface area contributed by atoms with Crippen LogP contribution in [0.5, 0.6) is 0 Å². The summed E-state index contributed by atoms with van der Waals surface area (Å²) in [4.78, 5) is 0. The molecule has 0 fully saturated rings. The number of rotatable bonds is 2. The third-order valence-corrected chi connectivity index (χ3v) is 2.89. The standard InChI is InChI=1S/C14H12F3N/c1-8-5-6-9(15)7-11(8)14(18)10-3-2-4-12(16)13(10)17/h2-7,14H,18H2,1H3. The predicted molar refractivity (Wildman–Crippen MR) is 63.5 cm³/mol. The largest absolute Gasteiger partial charge is 0.320 e. The molecule has 18 heavy (non-hydrogen) atoms. The summed E-state index contributed by atoms with van der Waals surface area (Å²) < 4.78 is 39.9. The summed E-state index contributed by atoms with van der Waals surface area (Å²) in [6.07, 6.45) is 0. The van der Waals surface area contributed by atoms with Crippen LogP contribution < -0.4 is 5.73 Å². The third kappa shape index (κ3) is 2.24. The molecule has 0 saturated heterocycles. The minimum absolute atomic E-state index is 0.0173. The van der Waals surface area contributed by atoms with Gasteiger partial charge in [0.05, 0.1) is 6.04 Å². The van der Waals surface area contributed by atoms with Gasteiger partial charge >= 0.3 is 0 Å². The maximum Gasteiger partial charge on any atom is 0.163 e. The van der Waals surface area contributed by atoms with Crippen molar-refractivity contribution in [2.45, 2.75) is 13.0 Å². The summed E-state index contributed by atoms with van der Waals surface area (Å²) in [6, 6.07) is 7.00. The van der Waals surface area contributed by atoms with Crippen molar-refractivity contribution in [1.29, 1.82) is 0 Å². The van der Waals surface area contributed by atoms with Crippen molar-refractivity contribution in [2.24, 2.45) is 5.73 Å². The molecule has 2 aromatic rings. The summed E-state index contributed by atoms with van der Waals surface area (Å²) >= 11 is 0. The van der Waals surface area contributed by atoms with E-state index in [2.05, 4.69) is 0 Å². The van der Waals surface area contributed by atoms with E-state index >= 15 is 0 Å². The second-order valence-electron chi connectivity index (χ2n) is 4.12. The van der Waals surface area contributed by atoms with E-state index in [4.69, 9.17) is 5.73 Å².